The number of aromatic nitrogens is 2. The zero-order valence-electron chi connectivity index (χ0n) is 13.7. The number of benzene rings is 2. The van der Waals surface area contributed by atoms with E-state index in [1.165, 1.54) is 12.4 Å². The first kappa shape index (κ1) is 18.2. The van der Waals surface area contributed by atoms with Gasteiger partial charge in [-0.25, -0.2) is 9.97 Å². The van der Waals surface area contributed by atoms with Crippen LogP contribution in [-0.4, -0.2) is 22.4 Å². The number of amides is 1. The Balaban J connectivity index is 1.52. The molecule has 0 radical (unpaired) electrons. The molecule has 1 aromatic heterocycles. The quantitative estimate of drug-likeness (QED) is 0.654. The summed E-state index contributed by atoms with van der Waals surface area (Å²) >= 11 is 11.8. The molecule has 0 saturated carbocycles. The Morgan fingerprint density at radius 3 is 2.38 bits per heavy atom. The normalized spacial score (nSPS) is 10.4. The van der Waals surface area contributed by atoms with Crippen LogP contribution >= 0.6 is 23.2 Å². The standard InChI is InChI=1S/C19H16Cl2N4O/c20-15-6-4-13(5-7-15)8-9-22-18(26)14-11-23-19(24-12-14)25-17-3-1-2-16(21)10-17/h1-7,10-12H,8-9H2,(H,22,26)(H,23,24,25). The van der Waals surface area contributed by atoms with E-state index >= 15 is 0 Å². The van der Waals surface area contributed by atoms with E-state index in [-0.39, 0.29) is 5.91 Å². The molecule has 132 valence electrons. The molecule has 3 rings (SSSR count). The van der Waals surface area contributed by atoms with Gasteiger partial charge in [0.25, 0.3) is 5.91 Å². The minimum Gasteiger partial charge on any atom is -0.352 e. The maximum atomic E-state index is 12.2. The molecule has 0 saturated heterocycles. The number of rotatable bonds is 6. The first-order valence-electron chi connectivity index (χ1n) is 7.97. The molecule has 0 fully saturated rings. The highest BCUT2D eigenvalue weighted by atomic mass is 35.5. The third-order valence-corrected chi connectivity index (χ3v) is 4.09. The summed E-state index contributed by atoms with van der Waals surface area (Å²) in [6, 6.07) is 14.8. The molecule has 0 unspecified atom stereocenters. The van der Waals surface area contributed by atoms with Crippen molar-refractivity contribution in [2.45, 2.75) is 6.42 Å². The highest BCUT2D eigenvalue weighted by molar-refractivity contribution is 6.31. The second kappa shape index (κ2) is 8.65. The second-order valence-electron chi connectivity index (χ2n) is 5.56. The topological polar surface area (TPSA) is 66.9 Å². The lowest BCUT2D eigenvalue weighted by atomic mass is 10.1. The summed E-state index contributed by atoms with van der Waals surface area (Å²) in [6.45, 7) is 0.517. The predicted molar refractivity (Wildman–Crippen MR) is 104 cm³/mol. The van der Waals surface area contributed by atoms with Crippen molar-refractivity contribution in [3.8, 4) is 0 Å². The summed E-state index contributed by atoms with van der Waals surface area (Å²) in [5.74, 6) is 0.179. The van der Waals surface area contributed by atoms with Crippen LogP contribution in [0.5, 0.6) is 0 Å². The van der Waals surface area contributed by atoms with Gasteiger partial charge in [0.1, 0.15) is 0 Å². The number of hydrogen-bond acceptors (Lipinski definition) is 4. The van der Waals surface area contributed by atoms with Crippen molar-refractivity contribution in [3.05, 3.63) is 82.1 Å². The Morgan fingerprint density at radius 2 is 1.69 bits per heavy atom. The molecule has 1 heterocycles. The van der Waals surface area contributed by atoms with E-state index in [1.807, 2.05) is 36.4 Å². The second-order valence-corrected chi connectivity index (χ2v) is 6.44. The summed E-state index contributed by atoms with van der Waals surface area (Å²) < 4.78 is 0. The summed E-state index contributed by atoms with van der Waals surface area (Å²) in [4.78, 5) is 20.5. The molecule has 0 aliphatic heterocycles. The van der Waals surface area contributed by atoms with Crippen molar-refractivity contribution in [1.82, 2.24) is 15.3 Å². The molecule has 5 nitrogen and oxygen atoms in total. The molecule has 0 bridgehead atoms. The Morgan fingerprint density at radius 1 is 0.962 bits per heavy atom. The monoisotopic (exact) mass is 386 g/mol. The Labute approximate surface area is 161 Å². The van der Waals surface area contributed by atoms with Crippen LogP contribution in [0.2, 0.25) is 10.0 Å². The fourth-order valence-electron chi connectivity index (χ4n) is 2.28. The van der Waals surface area contributed by atoms with Gasteiger partial charge in [0, 0.05) is 34.7 Å². The van der Waals surface area contributed by atoms with Gasteiger partial charge in [-0.05, 0) is 42.3 Å². The first-order valence-corrected chi connectivity index (χ1v) is 8.73. The molecule has 0 aliphatic carbocycles. The first-order chi connectivity index (χ1) is 12.6. The van der Waals surface area contributed by atoms with Crippen molar-refractivity contribution in [2.24, 2.45) is 0 Å². The summed E-state index contributed by atoms with van der Waals surface area (Å²) in [6.07, 6.45) is 3.69. The lowest BCUT2D eigenvalue weighted by Gasteiger charge is -2.07. The lowest BCUT2D eigenvalue weighted by Crippen LogP contribution is -2.26. The van der Waals surface area contributed by atoms with Crippen molar-refractivity contribution < 1.29 is 4.79 Å². The number of nitrogens with zero attached hydrogens (tertiary/aromatic N) is 2. The maximum Gasteiger partial charge on any atom is 0.254 e. The molecule has 26 heavy (non-hydrogen) atoms. The molecular weight excluding hydrogens is 371 g/mol. The number of carbonyl (C=O) groups excluding carboxylic acids is 1. The Bertz CT molecular complexity index is 883. The van der Waals surface area contributed by atoms with Gasteiger partial charge in [0.05, 0.1) is 5.56 Å². The van der Waals surface area contributed by atoms with Gasteiger partial charge < -0.3 is 10.6 Å². The zero-order chi connectivity index (χ0) is 18.4. The smallest absolute Gasteiger partial charge is 0.254 e. The minimum absolute atomic E-state index is 0.215. The van der Waals surface area contributed by atoms with Gasteiger partial charge in [-0.2, -0.15) is 0 Å². The third kappa shape index (κ3) is 5.18. The fraction of sp³-hybridized carbons (Fsp3) is 0.105. The summed E-state index contributed by atoms with van der Waals surface area (Å²) in [5.41, 5.74) is 2.28. The van der Waals surface area contributed by atoms with Gasteiger partial charge in [-0.3, -0.25) is 4.79 Å². The Hall–Kier alpha value is -2.63. The largest absolute Gasteiger partial charge is 0.352 e. The molecule has 0 aliphatic rings. The van der Waals surface area contributed by atoms with E-state index in [4.69, 9.17) is 23.2 Å². The van der Waals surface area contributed by atoms with Gasteiger partial charge in [-0.1, -0.05) is 41.4 Å². The van der Waals surface area contributed by atoms with Crippen LogP contribution < -0.4 is 10.6 Å². The van der Waals surface area contributed by atoms with Crippen molar-refractivity contribution in [3.63, 3.8) is 0 Å². The molecule has 7 heteroatoms. The number of halogens is 2. The van der Waals surface area contributed by atoms with Crippen molar-refractivity contribution in [1.29, 1.82) is 0 Å². The minimum atomic E-state index is -0.215. The van der Waals surface area contributed by atoms with E-state index in [1.54, 1.807) is 12.1 Å². The van der Waals surface area contributed by atoms with Crippen LogP contribution in [-0.2, 0) is 6.42 Å². The average molecular weight is 387 g/mol. The van der Waals surface area contributed by atoms with Crippen LogP contribution in [0.3, 0.4) is 0 Å². The number of carbonyl (C=O) groups is 1. The van der Waals surface area contributed by atoms with E-state index < -0.39 is 0 Å². The highest BCUT2D eigenvalue weighted by Gasteiger charge is 2.07. The number of nitrogens with one attached hydrogen (secondary N) is 2. The van der Waals surface area contributed by atoms with Crippen LogP contribution in [0.1, 0.15) is 15.9 Å². The van der Waals surface area contributed by atoms with Crippen molar-refractivity contribution in [2.75, 3.05) is 11.9 Å². The van der Waals surface area contributed by atoms with Gasteiger partial charge in [-0.15, -0.1) is 0 Å². The average Bonchev–Trinajstić information content (AvgIpc) is 2.64. The SMILES string of the molecule is O=C(NCCc1ccc(Cl)cc1)c1cnc(Nc2cccc(Cl)c2)nc1. The van der Waals surface area contributed by atoms with Gasteiger partial charge in [0.2, 0.25) is 5.95 Å². The molecule has 3 aromatic rings. The summed E-state index contributed by atoms with van der Waals surface area (Å²) in [5, 5.41) is 7.19. The maximum absolute atomic E-state index is 12.2. The van der Waals surface area contributed by atoms with E-state index in [2.05, 4.69) is 20.6 Å². The molecule has 1 amide bonds. The third-order valence-electron chi connectivity index (χ3n) is 3.61. The van der Waals surface area contributed by atoms with Crippen LogP contribution in [0.15, 0.2) is 60.9 Å². The fourth-order valence-corrected chi connectivity index (χ4v) is 2.59. The zero-order valence-corrected chi connectivity index (χ0v) is 15.3. The van der Waals surface area contributed by atoms with Gasteiger partial charge >= 0.3 is 0 Å². The van der Waals surface area contributed by atoms with E-state index in [9.17, 15) is 4.79 Å². The molecular formula is C19H16Cl2N4O. The van der Waals surface area contributed by atoms with Crippen LogP contribution in [0, 0.1) is 0 Å². The predicted octanol–water partition coefficient (Wildman–Crippen LogP) is 4.50. The summed E-state index contributed by atoms with van der Waals surface area (Å²) in [7, 11) is 0. The van der Waals surface area contributed by atoms with E-state index in [0.29, 0.717) is 28.1 Å². The lowest BCUT2D eigenvalue weighted by molar-refractivity contribution is 0.0953. The van der Waals surface area contributed by atoms with Crippen LogP contribution in [0.4, 0.5) is 11.6 Å². The number of hydrogen-bond donors (Lipinski definition) is 2. The van der Waals surface area contributed by atoms with Crippen molar-refractivity contribution >= 4 is 40.7 Å². The highest BCUT2D eigenvalue weighted by Crippen LogP contribution is 2.17. The molecule has 0 spiro atoms. The molecule has 2 N–H and O–H groups in total. The molecule has 0 atom stereocenters. The molecule has 2 aromatic carbocycles. The van der Waals surface area contributed by atoms with Gasteiger partial charge in [0.15, 0.2) is 0 Å². The number of anilines is 2. The Kier molecular flexibility index (Phi) is 6.04. The van der Waals surface area contributed by atoms with Crippen LogP contribution in [0.25, 0.3) is 0 Å². The van der Waals surface area contributed by atoms with E-state index in [0.717, 1.165) is 17.7 Å².